The Balaban J connectivity index is 0.000000470. The Morgan fingerprint density at radius 2 is 1.90 bits per heavy atom. The number of ether oxygens (including phenoxy) is 1. The minimum Gasteiger partial charge on any atom is -0.497 e. The van der Waals surface area contributed by atoms with Crippen molar-refractivity contribution in [1.82, 2.24) is 20.0 Å². The number of anilines is 1. The second-order valence-corrected chi connectivity index (χ2v) is 11.5. The van der Waals surface area contributed by atoms with E-state index in [1.165, 1.54) is 23.7 Å². The van der Waals surface area contributed by atoms with Crippen molar-refractivity contribution in [2.45, 2.75) is 29.5 Å². The van der Waals surface area contributed by atoms with Gasteiger partial charge in [0.05, 0.1) is 17.4 Å². The number of halogens is 3. The summed E-state index contributed by atoms with van der Waals surface area (Å²) in [6.07, 6.45) is -3.20. The minimum absolute atomic E-state index is 0.0776. The first-order valence-corrected chi connectivity index (χ1v) is 13.7. The van der Waals surface area contributed by atoms with E-state index >= 15 is 0 Å². The molecule has 16 heteroatoms. The average molecular weight is 598 g/mol. The van der Waals surface area contributed by atoms with Gasteiger partial charge < -0.3 is 20.9 Å². The number of hydrogen-bond acceptors (Lipinski definition) is 9. The lowest BCUT2D eigenvalue weighted by molar-refractivity contribution is -0.192. The molecule has 1 amide bonds. The molecule has 5 rings (SSSR count). The van der Waals surface area contributed by atoms with Crippen molar-refractivity contribution in [3.8, 4) is 5.75 Å². The van der Waals surface area contributed by atoms with Crippen LogP contribution in [0.25, 0.3) is 21.0 Å². The van der Waals surface area contributed by atoms with Gasteiger partial charge in [0.25, 0.3) is 0 Å². The first kappa shape index (κ1) is 29.0. The molecule has 0 saturated carbocycles. The lowest BCUT2D eigenvalue weighted by Crippen LogP contribution is -2.54. The van der Waals surface area contributed by atoms with E-state index in [2.05, 4.69) is 20.0 Å². The van der Waals surface area contributed by atoms with Crippen LogP contribution in [0.1, 0.15) is 11.3 Å². The third-order valence-electron chi connectivity index (χ3n) is 6.06. The smallest absolute Gasteiger partial charge is 0.490 e. The maximum absolute atomic E-state index is 13.4. The molecular weight excluding hydrogens is 575 g/mol. The fraction of sp³-hybridized carbons (Fsp3) is 0.250. The van der Waals surface area contributed by atoms with Gasteiger partial charge in [0.2, 0.25) is 15.9 Å². The van der Waals surface area contributed by atoms with Gasteiger partial charge in [0.1, 0.15) is 28.3 Å². The number of nitrogen functional groups attached to an aromatic ring is 1. The Morgan fingerprint density at radius 1 is 1.20 bits per heavy atom. The number of nitrogens with one attached hydrogen (secondary N) is 2. The van der Waals surface area contributed by atoms with Gasteiger partial charge in [-0.1, -0.05) is 12.1 Å². The third kappa shape index (κ3) is 6.08. The number of fused-ring (bicyclic) bond motifs is 2. The molecule has 0 radical (unpaired) electrons. The summed E-state index contributed by atoms with van der Waals surface area (Å²) in [6.45, 7) is 0.378. The van der Waals surface area contributed by atoms with Crippen molar-refractivity contribution in [3.05, 3.63) is 53.7 Å². The first-order valence-electron chi connectivity index (χ1n) is 11.4. The van der Waals surface area contributed by atoms with Crippen molar-refractivity contribution >= 4 is 60.0 Å². The van der Waals surface area contributed by atoms with Gasteiger partial charge >= 0.3 is 12.1 Å². The average Bonchev–Trinajstić information content (AvgIpc) is 3.46. The Kier molecular flexibility index (Phi) is 7.87. The van der Waals surface area contributed by atoms with Gasteiger partial charge in [-0.3, -0.25) is 4.79 Å². The Labute approximate surface area is 229 Å². The van der Waals surface area contributed by atoms with Crippen molar-refractivity contribution < 1.29 is 41.0 Å². The summed E-state index contributed by atoms with van der Waals surface area (Å²) in [4.78, 5) is 31.6. The van der Waals surface area contributed by atoms with Gasteiger partial charge in [-0.2, -0.15) is 17.9 Å². The van der Waals surface area contributed by atoms with Gasteiger partial charge in [-0.25, -0.2) is 23.2 Å². The number of rotatable bonds is 6. The van der Waals surface area contributed by atoms with E-state index in [0.717, 1.165) is 15.6 Å². The molecule has 0 unspecified atom stereocenters. The number of alkyl halides is 3. The number of aliphatic carboxylic acids is 1. The zero-order valence-electron chi connectivity index (χ0n) is 20.7. The normalized spacial score (nSPS) is 17.4. The summed E-state index contributed by atoms with van der Waals surface area (Å²) >= 11 is 1.37. The number of aromatic nitrogens is 2. The number of thiophene rings is 1. The third-order valence-corrected chi connectivity index (χ3v) is 8.64. The first-order chi connectivity index (χ1) is 18.7. The quantitative estimate of drug-likeness (QED) is 0.261. The number of hydrogen-bond donors (Lipinski definition) is 4. The topological polar surface area (TPSA) is 174 Å². The zero-order chi connectivity index (χ0) is 29.3. The highest BCUT2D eigenvalue weighted by molar-refractivity contribution is 7.89. The Hall–Kier alpha value is -4.02. The summed E-state index contributed by atoms with van der Waals surface area (Å²) in [7, 11) is -2.45. The van der Waals surface area contributed by atoms with E-state index in [9.17, 15) is 26.4 Å². The van der Waals surface area contributed by atoms with E-state index in [1.54, 1.807) is 25.3 Å². The summed E-state index contributed by atoms with van der Waals surface area (Å²) in [5.41, 5.74) is 4.62. The summed E-state index contributed by atoms with van der Waals surface area (Å²) in [6, 6.07) is 12.1. The Bertz CT molecular complexity index is 1710. The summed E-state index contributed by atoms with van der Waals surface area (Å²) in [5.74, 6) is -2.14. The molecule has 3 heterocycles. The van der Waals surface area contributed by atoms with Crippen LogP contribution in [0.15, 0.2) is 53.7 Å². The molecule has 1 fully saturated rings. The van der Waals surface area contributed by atoms with Crippen LogP contribution in [0.5, 0.6) is 5.75 Å². The fourth-order valence-electron chi connectivity index (χ4n) is 4.10. The lowest BCUT2D eigenvalue weighted by atomic mass is 9.94. The zero-order valence-corrected chi connectivity index (χ0v) is 22.3. The lowest BCUT2D eigenvalue weighted by Gasteiger charge is -2.26. The number of benzene rings is 2. The van der Waals surface area contributed by atoms with Gasteiger partial charge in [-0.15, -0.1) is 11.3 Å². The van der Waals surface area contributed by atoms with E-state index in [-0.39, 0.29) is 17.2 Å². The molecule has 4 aromatic rings. The van der Waals surface area contributed by atoms with Gasteiger partial charge in [0.15, 0.2) is 0 Å². The van der Waals surface area contributed by atoms with Crippen molar-refractivity contribution in [3.63, 3.8) is 0 Å². The Morgan fingerprint density at radius 3 is 2.50 bits per heavy atom. The number of carboxylic acid groups (broad SMARTS) is 1. The summed E-state index contributed by atoms with van der Waals surface area (Å²) < 4.78 is 66.5. The van der Waals surface area contributed by atoms with Gasteiger partial charge in [-0.05, 0) is 47.5 Å². The number of nitrogens with zero attached hydrogens (tertiary/aromatic N) is 2. The van der Waals surface area contributed by atoms with Crippen LogP contribution >= 0.6 is 11.3 Å². The highest BCUT2D eigenvalue weighted by atomic mass is 32.2. The monoisotopic (exact) mass is 597 g/mol. The number of sulfonamides is 1. The van der Waals surface area contributed by atoms with Crippen LogP contribution < -0.4 is 20.5 Å². The molecule has 1 saturated heterocycles. The van der Waals surface area contributed by atoms with Gasteiger partial charge in [0, 0.05) is 17.8 Å². The summed E-state index contributed by atoms with van der Waals surface area (Å²) in [5, 5.41) is 12.2. The standard InChI is InChI=1S/C22H21N5O4S2.C2HF3O2/c1-31-15-4-2-13-3-5-17(9-14(13)8-15)33(29,30)27-22(6-7-24-21(22)28)11-16-10-18-19(23)25-12-26-20(18)32-16;3-2(4,5)1(6)7/h2-5,8-10,12,27H,6-7,11H2,1H3,(H,24,28)(H2,23,25,26);(H,6,7)/t22-;/m0./s1. The van der Waals surface area contributed by atoms with E-state index in [4.69, 9.17) is 20.4 Å². The van der Waals surface area contributed by atoms with Crippen LogP contribution in [0, 0.1) is 0 Å². The van der Waals surface area contributed by atoms with Crippen LogP contribution in [0.3, 0.4) is 0 Å². The minimum atomic E-state index is -5.08. The predicted octanol–water partition coefficient (Wildman–Crippen LogP) is 2.85. The van der Waals surface area contributed by atoms with Crippen molar-refractivity contribution in [1.29, 1.82) is 0 Å². The van der Waals surface area contributed by atoms with E-state index in [1.807, 2.05) is 18.2 Å². The molecule has 5 N–H and O–H groups in total. The number of carboxylic acids is 1. The van der Waals surface area contributed by atoms with Crippen molar-refractivity contribution in [2.75, 3.05) is 19.4 Å². The van der Waals surface area contributed by atoms with E-state index in [0.29, 0.717) is 34.7 Å². The maximum atomic E-state index is 13.4. The number of amides is 1. The molecule has 2 aromatic carbocycles. The maximum Gasteiger partial charge on any atom is 0.490 e. The number of methoxy groups -OCH3 is 1. The molecule has 40 heavy (non-hydrogen) atoms. The number of carbonyl (C=O) groups excluding carboxylic acids is 1. The highest BCUT2D eigenvalue weighted by Gasteiger charge is 2.46. The molecule has 1 aliphatic rings. The van der Waals surface area contributed by atoms with Crippen LogP contribution in [0.2, 0.25) is 0 Å². The van der Waals surface area contributed by atoms with Crippen molar-refractivity contribution in [2.24, 2.45) is 0 Å². The molecule has 1 atom stereocenters. The number of carbonyl (C=O) groups is 2. The molecule has 1 aliphatic heterocycles. The molecule has 11 nitrogen and oxygen atoms in total. The molecule has 2 aromatic heterocycles. The van der Waals surface area contributed by atoms with Crippen LogP contribution in [-0.2, 0) is 26.0 Å². The van der Waals surface area contributed by atoms with Crippen LogP contribution in [0.4, 0.5) is 19.0 Å². The predicted molar refractivity (Wildman–Crippen MR) is 140 cm³/mol. The molecule has 0 aliphatic carbocycles. The van der Waals surface area contributed by atoms with E-state index < -0.39 is 27.7 Å². The second-order valence-electron chi connectivity index (χ2n) is 8.74. The molecule has 212 valence electrons. The largest absolute Gasteiger partial charge is 0.497 e. The fourth-order valence-corrected chi connectivity index (χ4v) is 6.64. The molecule has 0 spiro atoms. The van der Waals surface area contributed by atoms with Crippen LogP contribution in [-0.4, -0.2) is 60.7 Å². The number of nitrogens with two attached hydrogens (primary N) is 1. The molecule has 0 bridgehead atoms. The molecular formula is C24H22F3N5O6S2. The highest BCUT2D eigenvalue weighted by Crippen LogP contribution is 2.33. The second kappa shape index (κ2) is 10.9. The SMILES string of the molecule is COc1ccc2ccc(S(=O)(=O)N[C@]3(Cc4cc5c(N)ncnc5s4)CCNC3=O)cc2c1.O=C(O)C(F)(F)F.